The van der Waals surface area contributed by atoms with E-state index in [1.54, 1.807) is 6.07 Å². The maximum Gasteiger partial charge on any atom is 0.253 e. The summed E-state index contributed by atoms with van der Waals surface area (Å²) < 4.78 is 19.3. The van der Waals surface area contributed by atoms with Gasteiger partial charge in [-0.1, -0.05) is 6.92 Å². The molecule has 0 bridgehead atoms. The van der Waals surface area contributed by atoms with Crippen LogP contribution in [-0.2, 0) is 14.3 Å². The molecule has 0 aromatic heterocycles. The third-order valence-electron chi connectivity index (χ3n) is 4.40. The van der Waals surface area contributed by atoms with Gasteiger partial charge in [0.25, 0.3) is 5.91 Å². The Morgan fingerprint density at radius 1 is 1.42 bits per heavy atom. The van der Waals surface area contributed by atoms with Crippen LogP contribution in [0.25, 0.3) is 0 Å². The number of amides is 2. The van der Waals surface area contributed by atoms with Crippen molar-refractivity contribution in [3.8, 4) is 0 Å². The van der Waals surface area contributed by atoms with Gasteiger partial charge < -0.3 is 15.0 Å². The highest BCUT2D eigenvalue weighted by Gasteiger charge is 2.23. The van der Waals surface area contributed by atoms with Gasteiger partial charge in [0.2, 0.25) is 5.91 Å². The molecule has 0 spiro atoms. The molecule has 1 atom stereocenters. The summed E-state index contributed by atoms with van der Waals surface area (Å²) in [4.78, 5) is 27.4. The molecule has 2 amide bonds. The smallest absolute Gasteiger partial charge is 0.253 e. The van der Waals surface area contributed by atoms with Gasteiger partial charge >= 0.3 is 0 Å². The molecule has 24 heavy (non-hydrogen) atoms. The Balaban J connectivity index is 1.62. The van der Waals surface area contributed by atoms with Crippen molar-refractivity contribution in [1.29, 1.82) is 0 Å². The quantitative estimate of drug-likeness (QED) is 0.905. The van der Waals surface area contributed by atoms with E-state index in [2.05, 4.69) is 17.1 Å². The van der Waals surface area contributed by atoms with Crippen LogP contribution < -0.4 is 10.2 Å². The minimum atomic E-state index is -0.546. The molecule has 0 radical (unpaired) electrons. The summed E-state index contributed by atoms with van der Waals surface area (Å²) in [5.74, 6) is -0.367. The first-order valence-corrected chi connectivity index (χ1v) is 8.23. The Bertz CT molecular complexity index is 638. The van der Waals surface area contributed by atoms with Gasteiger partial charge in [-0.05, 0) is 37.1 Å². The molecule has 2 aliphatic rings. The van der Waals surface area contributed by atoms with Crippen LogP contribution in [-0.4, -0.2) is 56.1 Å². The lowest BCUT2D eigenvalue weighted by Gasteiger charge is -2.27. The lowest BCUT2D eigenvalue weighted by molar-refractivity contribution is -0.125. The zero-order valence-corrected chi connectivity index (χ0v) is 13.8. The van der Waals surface area contributed by atoms with Gasteiger partial charge in [-0.15, -0.1) is 0 Å². The van der Waals surface area contributed by atoms with Gasteiger partial charge in [0.1, 0.15) is 12.4 Å². The topological polar surface area (TPSA) is 61.9 Å². The highest BCUT2D eigenvalue weighted by Crippen LogP contribution is 2.23. The van der Waals surface area contributed by atoms with E-state index < -0.39 is 5.82 Å². The number of rotatable bonds is 4. The second kappa shape index (κ2) is 7.27. The van der Waals surface area contributed by atoms with Gasteiger partial charge in [0.15, 0.2) is 0 Å². The first-order valence-electron chi connectivity index (χ1n) is 8.23. The number of hydrogen-bond donors (Lipinski definition) is 1. The molecular weight excluding hydrogens is 313 g/mol. The average molecular weight is 335 g/mol. The zero-order chi connectivity index (χ0) is 17.1. The van der Waals surface area contributed by atoms with Crippen molar-refractivity contribution in [3.63, 3.8) is 0 Å². The number of anilines is 2. The highest BCUT2D eigenvalue weighted by atomic mass is 19.1. The molecule has 2 fully saturated rings. The maximum atomic E-state index is 14.3. The number of nitrogens with zero attached hydrogens (tertiary/aromatic N) is 2. The number of likely N-dealkylation sites (tertiary alicyclic amines) is 1. The molecule has 2 aliphatic heterocycles. The van der Waals surface area contributed by atoms with Crippen molar-refractivity contribution in [2.75, 3.05) is 49.6 Å². The number of benzene rings is 1. The largest absolute Gasteiger partial charge is 0.370 e. The van der Waals surface area contributed by atoms with Crippen LogP contribution in [0, 0.1) is 11.7 Å². The molecule has 0 unspecified atom stereocenters. The summed E-state index contributed by atoms with van der Waals surface area (Å²) in [6, 6.07) is 4.41. The monoisotopic (exact) mass is 335 g/mol. The van der Waals surface area contributed by atoms with Crippen molar-refractivity contribution in [2.45, 2.75) is 13.3 Å². The first kappa shape index (κ1) is 16.9. The van der Waals surface area contributed by atoms with Gasteiger partial charge in [-0.2, -0.15) is 0 Å². The summed E-state index contributed by atoms with van der Waals surface area (Å²) in [6.07, 6.45) is 1.09. The molecule has 0 saturated carbocycles. The summed E-state index contributed by atoms with van der Waals surface area (Å²) in [6.45, 7) is 5.06. The number of morpholine rings is 1. The van der Waals surface area contributed by atoms with Gasteiger partial charge in [-0.3, -0.25) is 14.5 Å². The molecule has 130 valence electrons. The SMILES string of the molecule is C[C@@H]1CCN(CC(=O)Nc2ccc(N3CCOCC3=O)cc2F)C1. The lowest BCUT2D eigenvalue weighted by Crippen LogP contribution is -2.41. The predicted molar refractivity (Wildman–Crippen MR) is 88.4 cm³/mol. The highest BCUT2D eigenvalue weighted by molar-refractivity contribution is 5.96. The number of nitrogens with one attached hydrogen (secondary N) is 1. The first-order chi connectivity index (χ1) is 11.5. The Morgan fingerprint density at radius 2 is 2.25 bits per heavy atom. The Morgan fingerprint density at radius 3 is 2.92 bits per heavy atom. The minimum absolute atomic E-state index is 0.00830. The summed E-state index contributed by atoms with van der Waals surface area (Å²) in [7, 11) is 0. The summed E-state index contributed by atoms with van der Waals surface area (Å²) in [5.41, 5.74) is 0.615. The number of carbonyl (C=O) groups is 2. The van der Waals surface area contributed by atoms with E-state index in [0.29, 0.717) is 24.8 Å². The average Bonchev–Trinajstić information content (AvgIpc) is 2.95. The molecule has 3 rings (SSSR count). The van der Waals surface area contributed by atoms with Crippen molar-refractivity contribution in [2.24, 2.45) is 5.92 Å². The normalized spacial score (nSPS) is 22.0. The molecule has 2 heterocycles. The summed E-state index contributed by atoms with van der Waals surface area (Å²) in [5, 5.41) is 2.61. The predicted octanol–water partition coefficient (Wildman–Crippen LogP) is 1.47. The number of ether oxygens (including phenoxy) is 1. The van der Waals surface area contributed by atoms with Crippen LogP contribution in [0.4, 0.5) is 15.8 Å². The van der Waals surface area contributed by atoms with Crippen molar-refractivity contribution < 1.29 is 18.7 Å². The number of hydrogen-bond acceptors (Lipinski definition) is 4. The standard InChI is InChI=1S/C17H22FN3O3/c1-12-4-5-20(9-12)10-16(22)19-15-3-2-13(8-14(15)18)21-6-7-24-11-17(21)23/h2-3,8,12H,4-7,9-11H2,1H3,(H,19,22)/t12-/m1/s1. The van der Waals surface area contributed by atoms with E-state index in [-0.39, 0.29) is 30.7 Å². The molecule has 7 heteroatoms. The molecule has 1 N–H and O–H groups in total. The van der Waals surface area contributed by atoms with Crippen LogP contribution in [0.3, 0.4) is 0 Å². The molecule has 6 nitrogen and oxygen atoms in total. The van der Waals surface area contributed by atoms with Crippen molar-refractivity contribution >= 4 is 23.2 Å². The van der Waals surface area contributed by atoms with E-state index in [1.807, 2.05) is 0 Å². The maximum absolute atomic E-state index is 14.3. The van der Waals surface area contributed by atoms with Crippen LogP contribution in [0.15, 0.2) is 18.2 Å². The molecule has 1 aromatic carbocycles. The summed E-state index contributed by atoms with van der Waals surface area (Å²) >= 11 is 0. The zero-order valence-electron chi connectivity index (χ0n) is 13.8. The lowest BCUT2D eigenvalue weighted by atomic mass is 10.2. The van der Waals surface area contributed by atoms with E-state index in [4.69, 9.17) is 4.74 Å². The third-order valence-corrected chi connectivity index (χ3v) is 4.40. The van der Waals surface area contributed by atoms with Crippen LogP contribution >= 0.6 is 0 Å². The Hall–Kier alpha value is -1.99. The molecule has 2 saturated heterocycles. The Labute approximate surface area is 140 Å². The number of halogens is 1. The van der Waals surface area contributed by atoms with E-state index in [1.165, 1.54) is 17.0 Å². The van der Waals surface area contributed by atoms with Gasteiger partial charge in [0, 0.05) is 18.8 Å². The van der Waals surface area contributed by atoms with Crippen LogP contribution in [0.1, 0.15) is 13.3 Å². The second-order valence-corrected chi connectivity index (χ2v) is 6.44. The fourth-order valence-corrected chi connectivity index (χ4v) is 3.13. The molecule has 1 aromatic rings. The van der Waals surface area contributed by atoms with E-state index in [0.717, 1.165) is 19.5 Å². The van der Waals surface area contributed by atoms with Crippen molar-refractivity contribution in [3.05, 3.63) is 24.0 Å². The number of carbonyl (C=O) groups excluding carboxylic acids is 2. The fraction of sp³-hybridized carbons (Fsp3) is 0.529. The van der Waals surface area contributed by atoms with Gasteiger partial charge in [-0.25, -0.2) is 4.39 Å². The Kier molecular flexibility index (Phi) is 5.11. The van der Waals surface area contributed by atoms with E-state index in [9.17, 15) is 14.0 Å². The molecular formula is C17H22FN3O3. The third kappa shape index (κ3) is 3.91. The van der Waals surface area contributed by atoms with Crippen LogP contribution in [0.5, 0.6) is 0 Å². The van der Waals surface area contributed by atoms with E-state index >= 15 is 0 Å². The van der Waals surface area contributed by atoms with Crippen LogP contribution in [0.2, 0.25) is 0 Å². The van der Waals surface area contributed by atoms with Crippen molar-refractivity contribution in [1.82, 2.24) is 4.90 Å². The van der Waals surface area contributed by atoms with Gasteiger partial charge in [0.05, 0.1) is 18.8 Å². The second-order valence-electron chi connectivity index (χ2n) is 6.44. The molecule has 0 aliphatic carbocycles. The minimum Gasteiger partial charge on any atom is -0.370 e. The fourth-order valence-electron chi connectivity index (χ4n) is 3.13.